The van der Waals surface area contributed by atoms with Crippen LogP contribution in [0, 0.1) is 0 Å². The number of hydrogen-bond acceptors (Lipinski definition) is 5. The molecule has 3 aromatic carbocycles. The number of rotatable bonds is 5. The molecule has 0 saturated heterocycles. The predicted octanol–water partition coefficient (Wildman–Crippen LogP) is 6.73. The van der Waals surface area contributed by atoms with Gasteiger partial charge in [-0.25, -0.2) is 4.98 Å². The zero-order valence-electron chi connectivity index (χ0n) is 17.0. The quantitative estimate of drug-likeness (QED) is 0.305. The highest BCUT2D eigenvalue weighted by Gasteiger charge is 2.17. The van der Waals surface area contributed by atoms with Gasteiger partial charge in [0.2, 0.25) is 0 Å². The lowest BCUT2D eigenvalue weighted by Crippen LogP contribution is -1.90. The number of hydrogen-bond donors (Lipinski definition) is 1. The van der Waals surface area contributed by atoms with Crippen molar-refractivity contribution in [2.24, 2.45) is 0 Å². The summed E-state index contributed by atoms with van der Waals surface area (Å²) in [6.45, 7) is 0. The van der Waals surface area contributed by atoms with Gasteiger partial charge >= 0.3 is 0 Å². The van der Waals surface area contributed by atoms with E-state index in [4.69, 9.17) is 9.40 Å². The minimum absolute atomic E-state index is 0.421. The molecule has 0 atom stereocenters. The Balaban J connectivity index is 1.44. The molecule has 6 heteroatoms. The standard InChI is InChI=1S/C26H18N4OS/c1-3-9-17(10-4-1)16-32-26-30-29-25(31-26)22-15-20-19-13-7-8-14-21(19)27-24(20)23(28-22)18-11-5-2-6-12-18/h1-15,27H,16H2. The molecule has 1 N–H and O–H groups in total. The number of para-hydroxylation sites is 1. The molecule has 5 nitrogen and oxygen atoms in total. The third kappa shape index (κ3) is 3.44. The number of benzene rings is 3. The van der Waals surface area contributed by atoms with Crippen LogP contribution in [0.3, 0.4) is 0 Å². The Labute approximate surface area is 188 Å². The molecule has 3 aromatic heterocycles. The molecule has 0 saturated carbocycles. The molecule has 0 bridgehead atoms. The average molecular weight is 435 g/mol. The van der Waals surface area contributed by atoms with Crippen LogP contribution < -0.4 is 0 Å². The summed E-state index contributed by atoms with van der Waals surface area (Å²) in [5, 5.41) is 11.3. The van der Waals surface area contributed by atoms with Crippen molar-refractivity contribution in [1.82, 2.24) is 20.2 Å². The third-order valence-electron chi connectivity index (χ3n) is 5.37. The smallest absolute Gasteiger partial charge is 0.277 e. The number of thioether (sulfide) groups is 1. The summed E-state index contributed by atoms with van der Waals surface area (Å²) < 4.78 is 5.99. The van der Waals surface area contributed by atoms with E-state index in [-0.39, 0.29) is 0 Å². The van der Waals surface area contributed by atoms with Gasteiger partial charge in [0.15, 0.2) is 0 Å². The molecule has 0 aliphatic heterocycles. The monoisotopic (exact) mass is 434 g/mol. The van der Waals surface area contributed by atoms with E-state index >= 15 is 0 Å². The van der Waals surface area contributed by atoms with Crippen molar-refractivity contribution in [3.05, 3.63) is 96.6 Å². The largest absolute Gasteiger partial charge is 0.410 e. The van der Waals surface area contributed by atoms with E-state index in [9.17, 15) is 0 Å². The lowest BCUT2D eigenvalue weighted by molar-refractivity contribution is 0.464. The Hall–Kier alpha value is -3.90. The molecule has 0 spiro atoms. The first-order valence-electron chi connectivity index (χ1n) is 10.3. The van der Waals surface area contributed by atoms with Gasteiger partial charge in [0.05, 0.1) is 11.2 Å². The van der Waals surface area contributed by atoms with Crippen LogP contribution in [0.25, 0.3) is 44.6 Å². The van der Waals surface area contributed by atoms with Crippen molar-refractivity contribution in [2.75, 3.05) is 0 Å². The number of pyridine rings is 1. The van der Waals surface area contributed by atoms with Crippen LogP contribution in [0.1, 0.15) is 5.56 Å². The summed E-state index contributed by atoms with van der Waals surface area (Å²) in [7, 11) is 0. The first-order valence-corrected chi connectivity index (χ1v) is 11.3. The second-order valence-corrected chi connectivity index (χ2v) is 8.39. The molecule has 0 aliphatic carbocycles. The molecule has 0 aliphatic rings. The first-order chi connectivity index (χ1) is 15.8. The Morgan fingerprint density at radius 3 is 2.38 bits per heavy atom. The summed E-state index contributed by atoms with van der Waals surface area (Å²) in [6.07, 6.45) is 0. The fourth-order valence-corrected chi connectivity index (χ4v) is 4.57. The summed E-state index contributed by atoms with van der Waals surface area (Å²) in [6, 6.07) is 30.7. The number of H-pyrrole nitrogens is 1. The van der Waals surface area contributed by atoms with E-state index in [0.29, 0.717) is 16.8 Å². The van der Waals surface area contributed by atoms with Gasteiger partial charge < -0.3 is 9.40 Å². The van der Waals surface area contributed by atoms with E-state index in [1.165, 1.54) is 17.3 Å². The number of aromatic amines is 1. The topological polar surface area (TPSA) is 67.6 Å². The van der Waals surface area contributed by atoms with Crippen molar-refractivity contribution >= 4 is 33.6 Å². The maximum atomic E-state index is 5.99. The number of nitrogens with one attached hydrogen (secondary N) is 1. The molecule has 154 valence electrons. The van der Waals surface area contributed by atoms with Crippen LogP contribution in [0.2, 0.25) is 0 Å². The summed E-state index contributed by atoms with van der Waals surface area (Å²) in [5.74, 6) is 1.19. The van der Waals surface area contributed by atoms with Gasteiger partial charge in [-0.1, -0.05) is 90.6 Å². The van der Waals surface area contributed by atoms with E-state index in [1.807, 2.05) is 54.6 Å². The van der Waals surface area contributed by atoms with Crippen LogP contribution in [0.15, 0.2) is 101 Å². The molecule has 6 rings (SSSR count). The van der Waals surface area contributed by atoms with Gasteiger partial charge in [0.25, 0.3) is 11.1 Å². The summed E-state index contributed by atoms with van der Waals surface area (Å²) in [4.78, 5) is 8.47. The van der Waals surface area contributed by atoms with E-state index < -0.39 is 0 Å². The lowest BCUT2D eigenvalue weighted by Gasteiger charge is -2.05. The third-order valence-corrected chi connectivity index (χ3v) is 6.26. The van der Waals surface area contributed by atoms with Crippen molar-refractivity contribution < 1.29 is 4.42 Å². The highest BCUT2D eigenvalue weighted by Crippen LogP contribution is 2.35. The fourth-order valence-electron chi connectivity index (χ4n) is 3.85. The Morgan fingerprint density at radius 1 is 0.781 bits per heavy atom. The highest BCUT2D eigenvalue weighted by atomic mass is 32.2. The van der Waals surface area contributed by atoms with Gasteiger partial charge in [-0.15, -0.1) is 10.2 Å². The molecule has 3 heterocycles. The van der Waals surface area contributed by atoms with Crippen LogP contribution in [0.5, 0.6) is 0 Å². The molecule has 0 radical (unpaired) electrons. The van der Waals surface area contributed by atoms with Crippen LogP contribution in [-0.4, -0.2) is 20.2 Å². The first kappa shape index (κ1) is 18.8. The van der Waals surface area contributed by atoms with Gasteiger partial charge in [-0.05, 0) is 17.7 Å². The number of aromatic nitrogens is 4. The number of nitrogens with zero attached hydrogens (tertiary/aromatic N) is 3. The van der Waals surface area contributed by atoms with E-state index in [1.54, 1.807) is 0 Å². The maximum Gasteiger partial charge on any atom is 0.277 e. The second kappa shape index (κ2) is 7.98. The molecule has 32 heavy (non-hydrogen) atoms. The van der Waals surface area contributed by atoms with Gasteiger partial charge in [0, 0.05) is 27.6 Å². The molecule has 0 amide bonds. The number of fused-ring (bicyclic) bond motifs is 3. The lowest BCUT2D eigenvalue weighted by atomic mass is 10.1. The SMILES string of the molecule is c1ccc(CSc2nnc(-c3cc4c([nH]c5ccccc54)c(-c4ccccc4)n3)o2)cc1. The van der Waals surface area contributed by atoms with Crippen molar-refractivity contribution in [1.29, 1.82) is 0 Å². The average Bonchev–Trinajstić information content (AvgIpc) is 3.48. The fraction of sp³-hybridized carbons (Fsp3) is 0.0385. The minimum Gasteiger partial charge on any atom is -0.410 e. The Bertz CT molecular complexity index is 1520. The van der Waals surface area contributed by atoms with Crippen molar-refractivity contribution in [3.63, 3.8) is 0 Å². The van der Waals surface area contributed by atoms with E-state index in [0.717, 1.165) is 38.8 Å². The van der Waals surface area contributed by atoms with Crippen molar-refractivity contribution in [3.8, 4) is 22.8 Å². The molecule has 6 aromatic rings. The van der Waals surface area contributed by atoms with Crippen LogP contribution in [-0.2, 0) is 5.75 Å². The normalized spacial score (nSPS) is 11.4. The van der Waals surface area contributed by atoms with Gasteiger partial charge in [0.1, 0.15) is 5.69 Å². The zero-order valence-corrected chi connectivity index (χ0v) is 17.8. The van der Waals surface area contributed by atoms with E-state index in [2.05, 4.69) is 51.6 Å². The molecular formula is C26H18N4OS. The van der Waals surface area contributed by atoms with Gasteiger partial charge in [-0.2, -0.15) is 0 Å². The zero-order chi connectivity index (χ0) is 21.3. The van der Waals surface area contributed by atoms with Crippen LogP contribution in [0.4, 0.5) is 0 Å². The van der Waals surface area contributed by atoms with Crippen LogP contribution >= 0.6 is 11.8 Å². The van der Waals surface area contributed by atoms with Crippen molar-refractivity contribution in [2.45, 2.75) is 11.0 Å². The Kier molecular flexibility index (Phi) is 4.70. The minimum atomic E-state index is 0.421. The summed E-state index contributed by atoms with van der Waals surface area (Å²) in [5.41, 5.74) is 5.85. The molecule has 0 fully saturated rings. The summed E-state index contributed by atoms with van der Waals surface area (Å²) >= 11 is 1.52. The highest BCUT2D eigenvalue weighted by molar-refractivity contribution is 7.98. The Morgan fingerprint density at radius 2 is 1.53 bits per heavy atom. The second-order valence-electron chi connectivity index (χ2n) is 7.46. The molecule has 0 unspecified atom stereocenters. The predicted molar refractivity (Wildman–Crippen MR) is 128 cm³/mol. The maximum absolute atomic E-state index is 5.99. The molecular weight excluding hydrogens is 416 g/mol. The van der Waals surface area contributed by atoms with Gasteiger partial charge in [-0.3, -0.25) is 0 Å².